The van der Waals surface area contributed by atoms with E-state index in [1.807, 2.05) is 46.8 Å². The summed E-state index contributed by atoms with van der Waals surface area (Å²) in [5, 5.41) is 4.60. The van der Waals surface area contributed by atoms with E-state index < -0.39 is 0 Å². The molecule has 3 heterocycles. The second-order valence-corrected chi connectivity index (χ2v) is 6.07. The summed E-state index contributed by atoms with van der Waals surface area (Å²) in [6.45, 7) is 0. The van der Waals surface area contributed by atoms with Crippen molar-refractivity contribution in [3.05, 3.63) is 51.8 Å². The van der Waals surface area contributed by atoms with Gasteiger partial charge in [-0.2, -0.15) is 4.99 Å². The maximum atomic E-state index is 12.0. The SMILES string of the molecule is Cn1ccsc1=NC(=O)Cc1csc(-c2ccccn2)n1. The molecular formula is C14H12N4OS2. The van der Waals surface area contributed by atoms with Crippen LogP contribution in [0.5, 0.6) is 0 Å². The molecule has 0 N–H and O–H groups in total. The summed E-state index contributed by atoms with van der Waals surface area (Å²) in [4.78, 5) is 25.4. The number of amides is 1. The van der Waals surface area contributed by atoms with Gasteiger partial charge in [0.15, 0.2) is 4.80 Å². The summed E-state index contributed by atoms with van der Waals surface area (Å²) < 4.78 is 1.82. The molecule has 0 saturated heterocycles. The van der Waals surface area contributed by atoms with E-state index in [0.29, 0.717) is 4.80 Å². The van der Waals surface area contributed by atoms with Gasteiger partial charge < -0.3 is 4.57 Å². The van der Waals surface area contributed by atoms with Crippen LogP contribution < -0.4 is 4.80 Å². The molecule has 21 heavy (non-hydrogen) atoms. The number of thiazole rings is 2. The minimum Gasteiger partial charge on any atom is -0.327 e. The number of carbonyl (C=O) groups excluding carboxylic acids is 1. The molecule has 0 bridgehead atoms. The summed E-state index contributed by atoms with van der Waals surface area (Å²) in [5.74, 6) is -0.189. The molecule has 7 heteroatoms. The molecule has 3 aromatic heterocycles. The second-order valence-electron chi connectivity index (χ2n) is 4.34. The van der Waals surface area contributed by atoms with Gasteiger partial charge in [-0.05, 0) is 12.1 Å². The molecule has 0 aliphatic heterocycles. The van der Waals surface area contributed by atoms with Crippen LogP contribution >= 0.6 is 22.7 Å². The standard InChI is InChI=1S/C14H12N4OS2/c1-18-6-7-20-14(18)17-12(19)8-10-9-21-13(16-10)11-4-2-3-5-15-11/h2-7,9H,8H2,1H3. The third-order valence-corrected chi connectivity index (χ3v) is 4.51. The van der Waals surface area contributed by atoms with Gasteiger partial charge in [0.05, 0.1) is 17.8 Å². The van der Waals surface area contributed by atoms with Crippen LogP contribution in [0.3, 0.4) is 0 Å². The summed E-state index contributed by atoms with van der Waals surface area (Å²) in [7, 11) is 1.87. The zero-order valence-corrected chi connectivity index (χ0v) is 12.9. The van der Waals surface area contributed by atoms with E-state index in [0.717, 1.165) is 16.4 Å². The molecule has 0 spiro atoms. The minimum atomic E-state index is -0.189. The van der Waals surface area contributed by atoms with Crippen molar-refractivity contribution in [3.63, 3.8) is 0 Å². The highest BCUT2D eigenvalue weighted by Crippen LogP contribution is 2.21. The van der Waals surface area contributed by atoms with Gasteiger partial charge in [0.25, 0.3) is 5.91 Å². The predicted octanol–water partition coefficient (Wildman–Crippen LogP) is 2.28. The summed E-state index contributed by atoms with van der Waals surface area (Å²) in [6, 6.07) is 5.68. The highest BCUT2D eigenvalue weighted by molar-refractivity contribution is 7.13. The fraction of sp³-hybridized carbons (Fsp3) is 0.143. The van der Waals surface area contributed by atoms with Crippen molar-refractivity contribution < 1.29 is 4.79 Å². The molecule has 106 valence electrons. The molecular weight excluding hydrogens is 304 g/mol. The Morgan fingerprint density at radius 3 is 3.00 bits per heavy atom. The minimum absolute atomic E-state index is 0.189. The molecule has 0 fully saturated rings. The number of nitrogens with zero attached hydrogens (tertiary/aromatic N) is 4. The van der Waals surface area contributed by atoms with Gasteiger partial charge in [0.2, 0.25) is 0 Å². The number of aromatic nitrogens is 3. The van der Waals surface area contributed by atoms with Gasteiger partial charge in [-0.25, -0.2) is 4.98 Å². The van der Waals surface area contributed by atoms with Gasteiger partial charge in [-0.1, -0.05) is 6.07 Å². The largest absolute Gasteiger partial charge is 0.327 e. The monoisotopic (exact) mass is 316 g/mol. The quantitative estimate of drug-likeness (QED) is 0.745. The van der Waals surface area contributed by atoms with Crippen LogP contribution in [-0.4, -0.2) is 20.4 Å². The fourth-order valence-electron chi connectivity index (χ4n) is 1.73. The van der Waals surface area contributed by atoms with Crippen molar-refractivity contribution in [2.45, 2.75) is 6.42 Å². The van der Waals surface area contributed by atoms with Crippen LogP contribution in [-0.2, 0) is 18.3 Å². The van der Waals surface area contributed by atoms with Crippen LogP contribution in [0, 0.1) is 0 Å². The third-order valence-electron chi connectivity index (χ3n) is 2.75. The molecule has 3 aromatic rings. The highest BCUT2D eigenvalue weighted by atomic mass is 32.1. The van der Waals surface area contributed by atoms with Crippen LogP contribution in [0.25, 0.3) is 10.7 Å². The first-order valence-corrected chi connectivity index (χ1v) is 8.02. The Morgan fingerprint density at radius 1 is 1.38 bits per heavy atom. The van der Waals surface area contributed by atoms with Gasteiger partial charge in [-0.3, -0.25) is 9.78 Å². The Labute approximate surface area is 129 Å². The lowest BCUT2D eigenvalue weighted by molar-refractivity contribution is -0.117. The maximum absolute atomic E-state index is 12.0. The van der Waals surface area contributed by atoms with Crippen molar-refractivity contribution in [1.82, 2.24) is 14.5 Å². The average Bonchev–Trinajstić information content (AvgIpc) is 3.10. The van der Waals surface area contributed by atoms with Gasteiger partial charge >= 0.3 is 0 Å². The Morgan fingerprint density at radius 2 is 2.29 bits per heavy atom. The van der Waals surface area contributed by atoms with Crippen molar-refractivity contribution in [3.8, 4) is 10.7 Å². The van der Waals surface area contributed by atoms with Crippen LogP contribution in [0.2, 0.25) is 0 Å². The van der Waals surface area contributed by atoms with Gasteiger partial charge in [0.1, 0.15) is 5.01 Å². The molecule has 5 nitrogen and oxygen atoms in total. The summed E-state index contributed by atoms with van der Waals surface area (Å²) >= 11 is 2.92. The Hall–Kier alpha value is -2.12. The number of hydrogen-bond acceptors (Lipinski definition) is 5. The van der Waals surface area contributed by atoms with Crippen molar-refractivity contribution in [2.24, 2.45) is 12.0 Å². The van der Waals surface area contributed by atoms with E-state index in [-0.39, 0.29) is 12.3 Å². The first-order chi connectivity index (χ1) is 10.2. The smallest absolute Gasteiger partial charge is 0.254 e. The third kappa shape index (κ3) is 3.32. The van der Waals surface area contributed by atoms with E-state index in [1.54, 1.807) is 6.20 Å². The van der Waals surface area contributed by atoms with Gasteiger partial charge in [-0.15, -0.1) is 22.7 Å². The average molecular weight is 316 g/mol. The number of hydrogen-bond donors (Lipinski definition) is 0. The van der Waals surface area contributed by atoms with E-state index in [2.05, 4.69) is 15.0 Å². The van der Waals surface area contributed by atoms with Crippen molar-refractivity contribution in [1.29, 1.82) is 0 Å². The molecule has 0 radical (unpaired) electrons. The molecule has 3 rings (SSSR count). The zero-order chi connectivity index (χ0) is 14.7. The zero-order valence-electron chi connectivity index (χ0n) is 11.3. The Balaban J connectivity index is 1.76. The molecule has 0 unspecified atom stereocenters. The molecule has 0 aliphatic rings. The lowest BCUT2D eigenvalue weighted by atomic mass is 10.3. The van der Waals surface area contributed by atoms with Crippen LogP contribution in [0.1, 0.15) is 5.69 Å². The summed E-state index contributed by atoms with van der Waals surface area (Å²) in [5.41, 5.74) is 1.55. The number of carbonyl (C=O) groups is 1. The molecule has 1 amide bonds. The maximum Gasteiger partial charge on any atom is 0.254 e. The van der Waals surface area contributed by atoms with Crippen LogP contribution in [0.15, 0.2) is 46.3 Å². The van der Waals surface area contributed by atoms with Gasteiger partial charge in [0, 0.05) is 30.2 Å². The first-order valence-electron chi connectivity index (χ1n) is 6.26. The predicted molar refractivity (Wildman–Crippen MR) is 82.9 cm³/mol. The molecule has 0 saturated carbocycles. The van der Waals surface area contributed by atoms with Crippen LogP contribution in [0.4, 0.5) is 0 Å². The number of rotatable bonds is 3. The fourth-order valence-corrected chi connectivity index (χ4v) is 3.27. The van der Waals surface area contributed by atoms with Crippen molar-refractivity contribution in [2.75, 3.05) is 0 Å². The summed E-state index contributed by atoms with van der Waals surface area (Å²) in [6.07, 6.45) is 3.81. The number of pyridine rings is 1. The molecule has 0 atom stereocenters. The Bertz CT molecular complexity index is 817. The second kappa shape index (κ2) is 6.11. The Kier molecular flexibility index (Phi) is 4.03. The van der Waals surface area contributed by atoms with E-state index in [9.17, 15) is 4.79 Å². The van der Waals surface area contributed by atoms with E-state index >= 15 is 0 Å². The lowest BCUT2D eigenvalue weighted by Gasteiger charge is -1.93. The molecule has 0 aromatic carbocycles. The van der Waals surface area contributed by atoms with E-state index in [1.165, 1.54) is 22.7 Å². The first kappa shape index (κ1) is 13.8. The lowest BCUT2D eigenvalue weighted by Crippen LogP contribution is -2.13. The van der Waals surface area contributed by atoms with E-state index in [4.69, 9.17) is 0 Å². The normalized spacial score (nSPS) is 11.8. The topological polar surface area (TPSA) is 60.1 Å². The highest BCUT2D eigenvalue weighted by Gasteiger charge is 2.09. The number of aryl methyl sites for hydroxylation is 1. The molecule has 0 aliphatic carbocycles. The van der Waals surface area contributed by atoms with Crippen molar-refractivity contribution >= 4 is 28.6 Å².